The second kappa shape index (κ2) is 9.62. The number of nitrogens with one attached hydrogen (secondary N) is 2. The Labute approximate surface area is 177 Å². The number of para-hydroxylation sites is 1. The summed E-state index contributed by atoms with van der Waals surface area (Å²) in [5.41, 5.74) is 2.46. The van der Waals surface area contributed by atoms with Crippen LogP contribution in [-0.4, -0.2) is 70.5 Å². The van der Waals surface area contributed by atoms with Gasteiger partial charge in [-0.15, -0.1) is 0 Å². The third-order valence-electron chi connectivity index (χ3n) is 6.56. The van der Waals surface area contributed by atoms with Crippen molar-refractivity contribution >= 4 is 22.8 Å². The average molecular weight is 413 g/mol. The van der Waals surface area contributed by atoms with Crippen molar-refractivity contribution in [2.75, 3.05) is 32.7 Å². The molecule has 1 aliphatic carbocycles. The highest BCUT2D eigenvalue weighted by molar-refractivity contribution is 5.83. The van der Waals surface area contributed by atoms with E-state index in [0.29, 0.717) is 12.6 Å². The number of rotatable bonds is 7. The fraction of sp³-hybridized carbons (Fsp3) is 0.565. The molecule has 2 aromatic rings. The Morgan fingerprint density at radius 3 is 2.73 bits per heavy atom. The van der Waals surface area contributed by atoms with Crippen LogP contribution in [0.1, 0.15) is 50.1 Å². The van der Waals surface area contributed by atoms with Crippen molar-refractivity contribution < 1.29 is 14.7 Å². The first kappa shape index (κ1) is 20.9. The number of aliphatic carboxylic acids is 1. The van der Waals surface area contributed by atoms with Crippen molar-refractivity contribution in [2.45, 2.75) is 50.6 Å². The predicted octanol–water partition coefficient (Wildman–Crippen LogP) is 2.75. The van der Waals surface area contributed by atoms with Gasteiger partial charge in [0.05, 0.1) is 13.0 Å². The molecule has 0 radical (unpaired) electrons. The number of carboxylic acids is 1. The molecule has 1 saturated carbocycles. The topological polar surface area (TPSA) is 88.7 Å². The van der Waals surface area contributed by atoms with E-state index in [-0.39, 0.29) is 24.9 Å². The van der Waals surface area contributed by atoms with Crippen LogP contribution >= 0.6 is 0 Å². The summed E-state index contributed by atoms with van der Waals surface area (Å²) in [6.07, 6.45) is 8.56. The summed E-state index contributed by atoms with van der Waals surface area (Å²) in [5, 5.41) is 12.8. The maximum atomic E-state index is 12.3. The van der Waals surface area contributed by atoms with Gasteiger partial charge in [0.25, 0.3) is 0 Å². The first-order valence-corrected chi connectivity index (χ1v) is 11.1. The van der Waals surface area contributed by atoms with Gasteiger partial charge in [-0.2, -0.15) is 0 Å². The number of fused-ring (bicyclic) bond motifs is 1. The maximum Gasteiger partial charge on any atom is 0.305 e. The zero-order chi connectivity index (χ0) is 20.9. The van der Waals surface area contributed by atoms with Crippen molar-refractivity contribution in [1.82, 2.24) is 20.1 Å². The Morgan fingerprint density at radius 1 is 1.13 bits per heavy atom. The molecule has 1 saturated heterocycles. The number of hydrogen-bond acceptors (Lipinski definition) is 4. The molecule has 1 amide bonds. The lowest BCUT2D eigenvalue weighted by Crippen LogP contribution is -2.54. The smallest absolute Gasteiger partial charge is 0.305 e. The predicted molar refractivity (Wildman–Crippen MR) is 116 cm³/mol. The van der Waals surface area contributed by atoms with Gasteiger partial charge < -0.3 is 15.4 Å². The number of piperazine rings is 1. The maximum absolute atomic E-state index is 12.3. The summed E-state index contributed by atoms with van der Waals surface area (Å²) in [5.74, 6) is -0.990. The average Bonchev–Trinajstić information content (AvgIpc) is 3.18. The summed E-state index contributed by atoms with van der Waals surface area (Å²) in [7, 11) is 0. The third-order valence-corrected chi connectivity index (χ3v) is 6.56. The molecule has 1 unspecified atom stereocenters. The molecule has 1 atom stereocenters. The third kappa shape index (κ3) is 4.84. The highest BCUT2D eigenvalue weighted by atomic mass is 16.4. The van der Waals surface area contributed by atoms with Gasteiger partial charge in [0.2, 0.25) is 5.91 Å². The zero-order valence-electron chi connectivity index (χ0n) is 17.5. The standard InChI is InChI=1S/C23H32N4O3/c28-22(24-11-10-23(29)30)16-26-12-13-27(17-6-2-1-3-7-17)21(15-26)19-14-25-20-9-5-4-8-18(19)20/h4-5,8-9,14,17,21,25H,1-3,6-7,10-13,15-16H2,(H,24,28)(H,29,30). The van der Waals surface area contributed by atoms with Crippen LogP contribution in [0.5, 0.6) is 0 Å². The highest BCUT2D eigenvalue weighted by Gasteiger charge is 2.35. The fourth-order valence-electron chi connectivity index (χ4n) is 5.06. The van der Waals surface area contributed by atoms with Crippen molar-refractivity contribution in [1.29, 1.82) is 0 Å². The van der Waals surface area contributed by atoms with E-state index in [1.807, 2.05) is 0 Å². The molecule has 3 N–H and O–H groups in total. The minimum Gasteiger partial charge on any atom is -0.481 e. The fourth-order valence-corrected chi connectivity index (χ4v) is 5.06. The number of benzene rings is 1. The first-order chi connectivity index (χ1) is 14.6. The van der Waals surface area contributed by atoms with E-state index in [2.05, 4.69) is 50.6 Å². The minimum absolute atomic E-state index is 0.0425. The van der Waals surface area contributed by atoms with E-state index in [1.165, 1.54) is 43.1 Å². The van der Waals surface area contributed by atoms with Crippen LogP contribution in [0.15, 0.2) is 30.5 Å². The lowest BCUT2D eigenvalue weighted by molar-refractivity contribution is -0.136. The van der Waals surface area contributed by atoms with Gasteiger partial charge in [0.1, 0.15) is 0 Å². The van der Waals surface area contributed by atoms with E-state index >= 15 is 0 Å². The van der Waals surface area contributed by atoms with E-state index < -0.39 is 5.97 Å². The van der Waals surface area contributed by atoms with Gasteiger partial charge >= 0.3 is 5.97 Å². The molecule has 1 aromatic carbocycles. The SMILES string of the molecule is O=C(O)CCNC(=O)CN1CCN(C2CCCCC2)C(c2c[nH]c3ccccc23)C1. The molecule has 2 aliphatic rings. The molecular weight excluding hydrogens is 380 g/mol. The Morgan fingerprint density at radius 2 is 1.93 bits per heavy atom. The molecule has 1 aliphatic heterocycles. The molecule has 162 valence electrons. The summed E-state index contributed by atoms with van der Waals surface area (Å²) >= 11 is 0. The molecule has 0 bridgehead atoms. The lowest BCUT2D eigenvalue weighted by atomic mass is 9.90. The molecule has 2 heterocycles. The molecule has 30 heavy (non-hydrogen) atoms. The van der Waals surface area contributed by atoms with Gasteiger partial charge in [-0.3, -0.25) is 19.4 Å². The molecule has 7 heteroatoms. The van der Waals surface area contributed by atoms with Crippen LogP contribution in [-0.2, 0) is 9.59 Å². The van der Waals surface area contributed by atoms with Crippen molar-refractivity contribution in [3.05, 3.63) is 36.0 Å². The second-order valence-electron chi connectivity index (χ2n) is 8.56. The van der Waals surface area contributed by atoms with Gasteiger partial charge in [-0.1, -0.05) is 37.5 Å². The van der Waals surface area contributed by atoms with Crippen LogP contribution in [0.4, 0.5) is 0 Å². The second-order valence-corrected chi connectivity index (χ2v) is 8.56. The largest absolute Gasteiger partial charge is 0.481 e. The molecular formula is C23H32N4O3. The zero-order valence-corrected chi connectivity index (χ0v) is 17.5. The van der Waals surface area contributed by atoms with Gasteiger partial charge in [-0.05, 0) is 24.5 Å². The lowest BCUT2D eigenvalue weighted by Gasteiger charge is -2.46. The highest BCUT2D eigenvalue weighted by Crippen LogP contribution is 2.35. The Hall–Kier alpha value is -2.38. The first-order valence-electron chi connectivity index (χ1n) is 11.1. The van der Waals surface area contributed by atoms with E-state index in [1.54, 1.807) is 0 Å². The molecule has 7 nitrogen and oxygen atoms in total. The monoisotopic (exact) mass is 412 g/mol. The van der Waals surface area contributed by atoms with Gasteiger partial charge in [-0.25, -0.2) is 0 Å². The Balaban J connectivity index is 1.49. The van der Waals surface area contributed by atoms with E-state index in [9.17, 15) is 9.59 Å². The normalized spacial score (nSPS) is 21.7. The van der Waals surface area contributed by atoms with Crippen molar-refractivity contribution in [2.24, 2.45) is 0 Å². The summed E-state index contributed by atoms with van der Waals surface area (Å²) < 4.78 is 0. The van der Waals surface area contributed by atoms with E-state index in [0.717, 1.165) is 25.2 Å². The van der Waals surface area contributed by atoms with Crippen LogP contribution in [0.25, 0.3) is 10.9 Å². The number of amides is 1. The van der Waals surface area contributed by atoms with Gasteiger partial charge in [0, 0.05) is 55.4 Å². The number of carbonyl (C=O) groups is 2. The summed E-state index contributed by atoms with van der Waals surface area (Å²) in [6, 6.07) is 9.30. The molecule has 4 rings (SSSR count). The number of aromatic amines is 1. The van der Waals surface area contributed by atoms with Crippen LogP contribution in [0, 0.1) is 0 Å². The van der Waals surface area contributed by atoms with Crippen LogP contribution < -0.4 is 5.32 Å². The number of carboxylic acid groups (broad SMARTS) is 1. The van der Waals surface area contributed by atoms with Crippen LogP contribution in [0.2, 0.25) is 0 Å². The quantitative estimate of drug-likeness (QED) is 0.651. The van der Waals surface area contributed by atoms with Crippen LogP contribution in [0.3, 0.4) is 0 Å². The number of nitrogens with zero attached hydrogens (tertiary/aromatic N) is 2. The van der Waals surface area contributed by atoms with E-state index in [4.69, 9.17) is 5.11 Å². The molecule has 1 aromatic heterocycles. The molecule has 2 fully saturated rings. The van der Waals surface area contributed by atoms with Crippen molar-refractivity contribution in [3.63, 3.8) is 0 Å². The Kier molecular flexibility index (Phi) is 6.69. The van der Waals surface area contributed by atoms with Crippen molar-refractivity contribution in [3.8, 4) is 0 Å². The number of hydrogen-bond donors (Lipinski definition) is 3. The Bertz CT molecular complexity index is 874. The number of H-pyrrole nitrogens is 1. The summed E-state index contributed by atoms with van der Waals surface area (Å²) in [6.45, 7) is 3.13. The van der Waals surface area contributed by atoms with Gasteiger partial charge in [0.15, 0.2) is 0 Å². The summed E-state index contributed by atoms with van der Waals surface area (Å²) in [4.78, 5) is 31.3. The molecule has 0 spiro atoms. The minimum atomic E-state index is -0.893. The number of aromatic nitrogens is 1. The number of carbonyl (C=O) groups excluding carboxylic acids is 1.